The van der Waals surface area contributed by atoms with E-state index < -0.39 is 11.7 Å². The summed E-state index contributed by atoms with van der Waals surface area (Å²) < 4.78 is 37.6. The number of rotatable bonds is 5. The number of aliphatic hydroxyl groups excluding tert-OH is 1. The molecule has 3 heterocycles. The maximum absolute atomic E-state index is 13.0. The topological polar surface area (TPSA) is 88.8 Å². The number of halogens is 3. The van der Waals surface area contributed by atoms with Crippen LogP contribution >= 0.6 is 11.6 Å². The number of fused-ring (bicyclic) bond motifs is 3. The summed E-state index contributed by atoms with van der Waals surface area (Å²) in [6.07, 6.45) is -0.414. The summed E-state index contributed by atoms with van der Waals surface area (Å²) in [6.45, 7) is 3.94. The van der Waals surface area contributed by atoms with Crippen molar-refractivity contribution in [3.8, 4) is 5.75 Å². The van der Waals surface area contributed by atoms with Crippen LogP contribution in [0.2, 0.25) is 0 Å². The maximum Gasteiger partial charge on any atom is 0.487 e. The molecule has 0 aliphatic carbocycles. The van der Waals surface area contributed by atoms with E-state index in [1.54, 1.807) is 12.1 Å². The van der Waals surface area contributed by atoms with Crippen LogP contribution in [0, 0.1) is 0 Å². The minimum atomic E-state index is -3.81. The molecule has 3 aromatic rings. The Morgan fingerprint density at radius 1 is 1.30 bits per heavy atom. The number of aliphatic hydroxyl groups is 1. The van der Waals surface area contributed by atoms with Gasteiger partial charge in [0.2, 0.25) is 0 Å². The number of imidazole rings is 1. The van der Waals surface area contributed by atoms with Gasteiger partial charge in [-0.2, -0.15) is 0 Å². The summed E-state index contributed by atoms with van der Waals surface area (Å²) in [5.41, 5.74) is -0.628. The average Bonchev–Trinajstić information content (AvgIpc) is 3.11. The van der Waals surface area contributed by atoms with Crippen molar-refractivity contribution in [2.45, 2.75) is 31.2 Å². The van der Waals surface area contributed by atoms with Crippen molar-refractivity contribution in [1.82, 2.24) is 9.55 Å². The first-order valence-electron chi connectivity index (χ1n) is 10.4. The van der Waals surface area contributed by atoms with Crippen LogP contribution < -0.4 is 15.0 Å². The van der Waals surface area contributed by atoms with E-state index in [0.717, 1.165) is 17.0 Å². The van der Waals surface area contributed by atoms with Crippen LogP contribution in [0.1, 0.15) is 29.1 Å². The lowest BCUT2D eigenvalue weighted by atomic mass is 10.1. The largest absolute Gasteiger partial charge is 0.487 e. The molecule has 5 rings (SSSR count). The third kappa shape index (κ3) is 4.33. The Bertz CT molecular complexity index is 1210. The second kappa shape index (κ2) is 8.12. The van der Waals surface area contributed by atoms with Crippen LogP contribution in [-0.2, 0) is 11.3 Å². The number of carbonyl (C=O) groups excluding carboxylic acids is 1. The van der Waals surface area contributed by atoms with E-state index in [4.69, 9.17) is 16.3 Å². The van der Waals surface area contributed by atoms with E-state index >= 15 is 0 Å². The number of hydrogen-bond acceptors (Lipinski definition) is 6. The average molecular weight is 479 g/mol. The van der Waals surface area contributed by atoms with E-state index in [1.165, 1.54) is 24.3 Å². The zero-order valence-corrected chi connectivity index (χ0v) is 18.4. The molecule has 0 radical (unpaired) electrons. The molecule has 0 unspecified atom stereocenters. The van der Waals surface area contributed by atoms with Crippen molar-refractivity contribution in [1.29, 1.82) is 0 Å². The van der Waals surface area contributed by atoms with Crippen molar-refractivity contribution in [2.24, 2.45) is 0 Å². The smallest absolute Gasteiger partial charge is 0.420 e. The normalized spacial score (nSPS) is 18.7. The van der Waals surface area contributed by atoms with Gasteiger partial charge in [0.25, 0.3) is 5.91 Å². The van der Waals surface area contributed by atoms with Gasteiger partial charge in [-0.05, 0) is 43.3 Å². The van der Waals surface area contributed by atoms with Gasteiger partial charge in [0, 0.05) is 35.9 Å². The van der Waals surface area contributed by atoms with Crippen molar-refractivity contribution >= 4 is 39.9 Å². The highest BCUT2D eigenvalue weighted by Crippen LogP contribution is 2.36. The number of β-amino-alcohol motifs (C(OH)–C–C–N with tert-alkyl or cyclic N) is 1. The van der Waals surface area contributed by atoms with Crippen molar-refractivity contribution in [2.75, 3.05) is 29.9 Å². The first-order valence-corrected chi connectivity index (χ1v) is 10.8. The Balaban J connectivity index is 1.46. The number of anilines is 2. The first-order chi connectivity index (χ1) is 15.7. The molecule has 2 aromatic carbocycles. The van der Waals surface area contributed by atoms with Gasteiger partial charge in [-0.15, -0.1) is 8.78 Å². The fraction of sp³-hybridized carbons (Fsp3) is 0.364. The highest BCUT2D eigenvalue weighted by molar-refractivity contribution is 6.20. The Morgan fingerprint density at radius 2 is 2.03 bits per heavy atom. The van der Waals surface area contributed by atoms with Crippen LogP contribution in [0.5, 0.6) is 5.75 Å². The Hall–Kier alpha value is -2.95. The molecule has 174 valence electrons. The fourth-order valence-corrected chi connectivity index (χ4v) is 4.29. The first kappa shape index (κ1) is 21.9. The van der Waals surface area contributed by atoms with Gasteiger partial charge < -0.3 is 29.4 Å². The molecule has 1 saturated heterocycles. The summed E-state index contributed by atoms with van der Waals surface area (Å²) in [5, 5.41) is 12.6. The molecule has 2 N–H and O–H groups in total. The lowest BCUT2D eigenvalue weighted by molar-refractivity contribution is -0.0964. The Morgan fingerprint density at radius 3 is 2.70 bits per heavy atom. The van der Waals surface area contributed by atoms with Gasteiger partial charge >= 0.3 is 5.57 Å². The van der Waals surface area contributed by atoms with Crippen LogP contribution in [0.3, 0.4) is 0 Å². The summed E-state index contributed by atoms with van der Waals surface area (Å²) in [5.74, 6) is 0.272. The number of hydrogen-bond donors (Lipinski definition) is 2. The molecule has 1 atom stereocenters. The molecule has 0 bridgehead atoms. The van der Waals surface area contributed by atoms with E-state index in [1.807, 2.05) is 11.8 Å². The number of amides is 1. The standard InChI is InChI=1S/C22H21ClF2N4O4/c1-12-10-32-11-19-27-17-6-13(7-18(20(17)29(12)19)28-8-15(30)9-28)21(31)26-14-2-4-16(5-3-14)33-22(23,24)25/h2-7,12,15,30H,8-11H2,1H3,(H,26,31)/t12-/m1/s1. The van der Waals surface area contributed by atoms with Gasteiger partial charge in [0.1, 0.15) is 18.2 Å². The molecule has 2 aliphatic heterocycles. The number of benzene rings is 2. The monoisotopic (exact) mass is 478 g/mol. The number of aromatic nitrogens is 2. The molecule has 11 heteroatoms. The molecule has 33 heavy (non-hydrogen) atoms. The van der Waals surface area contributed by atoms with E-state index in [-0.39, 0.29) is 17.7 Å². The highest BCUT2D eigenvalue weighted by atomic mass is 35.5. The predicted octanol–water partition coefficient (Wildman–Crippen LogP) is 3.73. The third-order valence-corrected chi connectivity index (χ3v) is 5.76. The minimum Gasteiger partial charge on any atom is -0.420 e. The van der Waals surface area contributed by atoms with Gasteiger partial charge in [-0.3, -0.25) is 4.79 Å². The summed E-state index contributed by atoms with van der Waals surface area (Å²) in [6, 6.07) is 9.04. The number of alkyl halides is 3. The molecule has 0 spiro atoms. The highest BCUT2D eigenvalue weighted by Gasteiger charge is 2.31. The zero-order valence-electron chi connectivity index (χ0n) is 17.6. The van der Waals surface area contributed by atoms with E-state index in [9.17, 15) is 18.7 Å². The molecule has 0 saturated carbocycles. The van der Waals surface area contributed by atoms with Crippen LogP contribution in [0.4, 0.5) is 20.2 Å². The molecule has 1 aromatic heterocycles. The van der Waals surface area contributed by atoms with Gasteiger partial charge in [-0.25, -0.2) is 4.98 Å². The zero-order chi connectivity index (χ0) is 23.3. The molecular weight excluding hydrogens is 458 g/mol. The fourth-order valence-electron chi connectivity index (χ4n) is 4.20. The van der Waals surface area contributed by atoms with Crippen molar-refractivity contribution in [3.63, 3.8) is 0 Å². The molecule has 1 fully saturated rings. The summed E-state index contributed by atoms with van der Waals surface area (Å²) in [4.78, 5) is 19.7. The second-order valence-corrected chi connectivity index (χ2v) is 8.65. The summed E-state index contributed by atoms with van der Waals surface area (Å²) in [7, 11) is 0. The lowest BCUT2D eigenvalue weighted by Crippen LogP contribution is -2.51. The van der Waals surface area contributed by atoms with E-state index in [2.05, 4.69) is 19.6 Å². The maximum atomic E-state index is 13.0. The van der Waals surface area contributed by atoms with Gasteiger partial charge in [0.15, 0.2) is 0 Å². The predicted molar refractivity (Wildman–Crippen MR) is 118 cm³/mol. The molecule has 2 aliphatic rings. The Labute approximate surface area is 192 Å². The SMILES string of the molecule is C[C@@H]1COCc2nc3cc(C(=O)Nc4ccc(OC(F)(F)Cl)cc4)cc(N4CC(O)C4)c3n21. The van der Waals surface area contributed by atoms with Gasteiger partial charge in [-0.1, -0.05) is 0 Å². The second-order valence-electron chi connectivity index (χ2n) is 8.21. The quantitative estimate of drug-likeness (QED) is 0.543. The molecule has 1 amide bonds. The van der Waals surface area contributed by atoms with Crippen LogP contribution in [0.25, 0.3) is 11.0 Å². The number of nitrogens with one attached hydrogen (secondary N) is 1. The number of carbonyl (C=O) groups is 1. The van der Waals surface area contributed by atoms with Crippen molar-refractivity contribution < 1.29 is 28.2 Å². The van der Waals surface area contributed by atoms with Crippen molar-refractivity contribution in [3.05, 3.63) is 47.8 Å². The minimum absolute atomic E-state index is 0.0875. The number of nitrogens with zero attached hydrogens (tertiary/aromatic N) is 3. The van der Waals surface area contributed by atoms with Crippen LogP contribution in [-0.4, -0.2) is 51.9 Å². The third-order valence-electron chi connectivity index (χ3n) is 5.68. The lowest BCUT2D eigenvalue weighted by Gasteiger charge is -2.39. The van der Waals surface area contributed by atoms with Crippen LogP contribution in [0.15, 0.2) is 36.4 Å². The summed E-state index contributed by atoms with van der Waals surface area (Å²) >= 11 is 4.77. The number of ether oxygens (including phenoxy) is 2. The van der Waals surface area contributed by atoms with E-state index in [0.29, 0.717) is 43.1 Å². The molecular formula is C22H21ClF2N4O4. The molecule has 8 nitrogen and oxygen atoms in total. The van der Waals surface area contributed by atoms with Gasteiger partial charge in [0.05, 0.1) is 35.5 Å². The Kier molecular flexibility index (Phi) is 5.38.